The second kappa shape index (κ2) is 4.30. The number of carbonyl (C=O) groups is 2. The first-order valence-electron chi connectivity index (χ1n) is 5.06. The lowest BCUT2D eigenvalue weighted by atomic mass is 10.2. The van der Waals surface area contributed by atoms with E-state index in [1.165, 1.54) is 0 Å². The highest BCUT2D eigenvalue weighted by molar-refractivity contribution is 5.88. The lowest BCUT2D eigenvalue weighted by molar-refractivity contribution is -0.308. The highest BCUT2D eigenvalue weighted by atomic mass is 16.4. The van der Waals surface area contributed by atoms with Crippen LogP contribution in [0.5, 0.6) is 0 Å². The lowest BCUT2D eigenvalue weighted by Crippen LogP contribution is -2.30. The van der Waals surface area contributed by atoms with E-state index in [0.29, 0.717) is 13.0 Å². The Morgan fingerprint density at radius 3 is 2.88 bits per heavy atom. The van der Waals surface area contributed by atoms with Gasteiger partial charge in [0.1, 0.15) is 0 Å². The highest BCUT2D eigenvalue weighted by Gasteiger charge is 2.43. The Hall–Kier alpha value is -1.91. The van der Waals surface area contributed by atoms with Crippen LogP contribution in [0.4, 0.5) is 0 Å². The van der Waals surface area contributed by atoms with Crippen molar-refractivity contribution >= 4 is 11.9 Å². The number of hydrogen-bond acceptors (Lipinski definition) is 4. The maximum atomic E-state index is 11.5. The second-order valence-corrected chi connectivity index (χ2v) is 3.85. The molecule has 0 aliphatic heterocycles. The van der Waals surface area contributed by atoms with Crippen LogP contribution in [-0.2, 0) is 16.1 Å². The third kappa shape index (κ3) is 2.36. The van der Waals surface area contributed by atoms with Crippen molar-refractivity contribution in [2.24, 2.45) is 11.8 Å². The van der Waals surface area contributed by atoms with Gasteiger partial charge in [-0.25, -0.2) is 0 Å². The summed E-state index contributed by atoms with van der Waals surface area (Å²) in [5.41, 5.74) is 0.890. The van der Waals surface area contributed by atoms with Gasteiger partial charge in [-0.05, 0) is 18.1 Å². The van der Waals surface area contributed by atoms with Crippen molar-refractivity contribution in [2.45, 2.75) is 13.0 Å². The zero-order chi connectivity index (χ0) is 11.5. The van der Waals surface area contributed by atoms with Gasteiger partial charge in [0.2, 0.25) is 5.91 Å². The number of nitrogens with zero attached hydrogens (tertiary/aromatic N) is 1. The van der Waals surface area contributed by atoms with E-state index in [2.05, 4.69) is 10.3 Å². The van der Waals surface area contributed by atoms with Crippen LogP contribution in [0.1, 0.15) is 12.0 Å². The van der Waals surface area contributed by atoms with E-state index < -0.39 is 17.8 Å². The van der Waals surface area contributed by atoms with Crippen LogP contribution >= 0.6 is 0 Å². The Morgan fingerprint density at radius 2 is 2.31 bits per heavy atom. The van der Waals surface area contributed by atoms with Crippen molar-refractivity contribution in [3.63, 3.8) is 0 Å². The molecule has 0 unspecified atom stereocenters. The van der Waals surface area contributed by atoms with Crippen LogP contribution in [-0.4, -0.2) is 16.9 Å². The van der Waals surface area contributed by atoms with E-state index in [0.717, 1.165) is 5.56 Å². The number of hydrogen-bond donors (Lipinski definition) is 1. The minimum atomic E-state index is -1.14. The summed E-state index contributed by atoms with van der Waals surface area (Å²) in [5.74, 6) is -2.38. The Labute approximate surface area is 92.5 Å². The highest BCUT2D eigenvalue weighted by Crippen LogP contribution is 2.37. The summed E-state index contributed by atoms with van der Waals surface area (Å²) >= 11 is 0. The molecule has 0 saturated heterocycles. The molecule has 0 spiro atoms. The first-order valence-corrected chi connectivity index (χ1v) is 5.06. The summed E-state index contributed by atoms with van der Waals surface area (Å²) in [6.07, 6.45) is 3.70. The molecule has 2 rings (SSSR count). The molecule has 16 heavy (non-hydrogen) atoms. The number of aliphatic carboxylic acids is 1. The molecule has 0 radical (unpaired) electrons. The monoisotopic (exact) mass is 219 g/mol. The van der Waals surface area contributed by atoms with Crippen molar-refractivity contribution in [3.05, 3.63) is 30.1 Å². The van der Waals surface area contributed by atoms with E-state index in [4.69, 9.17) is 0 Å². The average molecular weight is 219 g/mol. The molecule has 5 nitrogen and oxygen atoms in total. The Balaban J connectivity index is 1.80. The summed E-state index contributed by atoms with van der Waals surface area (Å²) in [7, 11) is 0. The van der Waals surface area contributed by atoms with Crippen LogP contribution in [0.3, 0.4) is 0 Å². The molecule has 1 aromatic rings. The number of aromatic nitrogens is 1. The molecule has 1 aliphatic carbocycles. The Bertz CT molecular complexity index is 405. The average Bonchev–Trinajstić information content (AvgIpc) is 3.07. The second-order valence-electron chi connectivity index (χ2n) is 3.85. The van der Waals surface area contributed by atoms with Gasteiger partial charge < -0.3 is 15.2 Å². The molecule has 1 aromatic heterocycles. The molecule has 0 aromatic carbocycles. The SMILES string of the molecule is O=C(NCc1cccnc1)[C@H]1C[C@H]1C(=O)[O-]. The van der Waals surface area contributed by atoms with Gasteiger partial charge in [0, 0.05) is 36.7 Å². The van der Waals surface area contributed by atoms with Gasteiger partial charge in [0.25, 0.3) is 0 Å². The standard InChI is InChI=1S/C11H12N2O3/c14-10(8-4-9(8)11(15)16)13-6-7-2-1-3-12-5-7/h1-3,5,8-9H,4,6H2,(H,13,14)(H,15,16)/p-1/t8-,9+/m0/s1. The van der Waals surface area contributed by atoms with E-state index in [1.807, 2.05) is 6.07 Å². The maximum absolute atomic E-state index is 11.5. The van der Waals surface area contributed by atoms with E-state index in [-0.39, 0.29) is 5.91 Å². The summed E-state index contributed by atoms with van der Waals surface area (Å²) in [5, 5.41) is 13.1. The quantitative estimate of drug-likeness (QED) is 0.710. The van der Waals surface area contributed by atoms with Crippen molar-refractivity contribution in [2.75, 3.05) is 0 Å². The number of carbonyl (C=O) groups excluding carboxylic acids is 2. The first kappa shape index (κ1) is 10.6. The predicted octanol–water partition coefficient (Wildman–Crippen LogP) is -0.916. The molecule has 1 N–H and O–H groups in total. The fraction of sp³-hybridized carbons (Fsp3) is 0.364. The van der Waals surface area contributed by atoms with Crippen LogP contribution in [0, 0.1) is 11.8 Å². The number of carboxylic acid groups (broad SMARTS) is 1. The minimum absolute atomic E-state index is 0.224. The summed E-state index contributed by atoms with van der Waals surface area (Å²) in [6, 6.07) is 3.62. The normalized spacial score (nSPS) is 22.5. The fourth-order valence-electron chi connectivity index (χ4n) is 1.57. The molecule has 1 heterocycles. The van der Waals surface area contributed by atoms with E-state index >= 15 is 0 Å². The number of carboxylic acids is 1. The van der Waals surface area contributed by atoms with E-state index in [1.54, 1.807) is 18.5 Å². The van der Waals surface area contributed by atoms with Gasteiger partial charge in [-0.15, -0.1) is 0 Å². The molecular weight excluding hydrogens is 208 g/mol. The van der Waals surface area contributed by atoms with Gasteiger partial charge in [0.15, 0.2) is 0 Å². The van der Waals surface area contributed by atoms with Gasteiger partial charge in [0.05, 0.1) is 0 Å². The molecule has 2 atom stereocenters. The lowest BCUT2D eigenvalue weighted by Gasteiger charge is -2.04. The van der Waals surface area contributed by atoms with E-state index in [9.17, 15) is 14.7 Å². The van der Waals surface area contributed by atoms with Crippen LogP contribution in [0.25, 0.3) is 0 Å². The number of amides is 1. The van der Waals surface area contributed by atoms with Gasteiger partial charge in [-0.3, -0.25) is 9.78 Å². The van der Waals surface area contributed by atoms with Crippen LogP contribution in [0.15, 0.2) is 24.5 Å². The van der Waals surface area contributed by atoms with Gasteiger partial charge in [-0.1, -0.05) is 6.07 Å². The summed E-state index contributed by atoms with van der Waals surface area (Å²) in [6.45, 7) is 0.378. The number of pyridine rings is 1. The zero-order valence-corrected chi connectivity index (χ0v) is 8.55. The molecule has 1 amide bonds. The largest absolute Gasteiger partial charge is 0.550 e. The van der Waals surface area contributed by atoms with Crippen molar-refractivity contribution < 1.29 is 14.7 Å². The predicted molar refractivity (Wildman–Crippen MR) is 52.7 cm³/mol. The number of nitrogens with one attached hydrogen (secondary N) is 1. The fourth-order valence-corrected chi connectivity index (χ4v) is 1.57. The Kier molecular flexibility index (Phi) is 2.85. The molecule has 1 fully saturated rings. The molecule has 1 saturated carbocycles. The minimum Gasteiger partial charge on any atom is -0.550 e. The third-order valence-corrected chi connectivity index (χ3v) is 2.62. The van der Waals surface area contributed by atoms with Crippen LogP contribution in [0.2, 0.25) is 0 Å². The molecule has 84 valence electrons. The molecule has 5 heteroatoms. The zero-order valence-electron chi connectivity index (χ0n) is 8.55. The topological polar surface area (TPSA) is 82.1 Å². The van der Waals surface area contributed by atoms with Gasteiger partial charge in [-0.2, -0.15) is 0 Å². The number of rotatable bonds is 4. The van der Waals surface area contributed by atoms with Crippen molar-refractivity contribution in [3.8, 4) is 0 Å². The van der Waals surface area contributed by atoms with Gasteiger partial charge >= 0.3 is 0 Å². The molecule has 0 bridgehead atoms. The summed E-state index contributed by atoms with van der Waals surface area (Å²) < 4.78 is 0. The van der Waals surface area contributed by atoms with Crippen molar-refractivity contribution in [1.82, 2.24) is 10.3 Å². The summed E-state index contributed by atoms with van der Waals surface area (Å²) in [4.78, 5) is 25.8. The smallest absolute Gasteiger partial charge is 0.224 e. The third-order valence-electron chi connectivity index (χ3n) is 2.62. The maximum Gasteiger partial charge on any atom is 0.224 e. The van der Waals surface area contributed by atoms with Crippen LogP contribution < -0.4 is 10.4 Å². The van der Waals surface area contributed by atoms with Crippen molar-refractivity contribution in [1.29, 1.82) is 0 Å². The Morgan fingerprint density at radius 1 is 1.50 bits per heavy atom. The molecular formula is C11H11N2O3-. The first-order chi connectivity index (χ1) is 7.68. The molecule has 1 aliphatic rings.